The first-order valence-electron chi connectivity index (χ1n) is 27.3. The van der Waals surface area contributed by atoms with Gasteiger partial charge in [-0.2, -0.15) is 0 Å². The number of unbranched alkanes of at least 4 members (excludes halogenated alkanes) is 12. The molecule has 0 rings (SSSR count). The average molecular weight is 951 g/mol. The van der Waals surface area contributed by atoms with E-state index in [0.29, 0.717) is 19.3 Å². The van der Waals surface area contributed by atoms with Crippen LogP contribution in [0.4, 0.5) is 0 Å². The van der Waals surface area contributed by atoms with Gasteiger partial charge in [0.1, 0.15) is 13.2 Å². The Bertz CT molecular complexity index is 1560. The molecule has 0 aliphatic heterocycles. The molecule has 0 bridgehead atoms. The van der Waals surface area contributed by atoms with Crippen LogP contribution in [-0.2, 0) is 28.6 Å². The number of esters is 3. The maximum Gasteiger partial charge on any atom is 0.306 e. The summed E-state index contributed by atoms with van der Waals surface area (Å²) in [4.78, 5) is 38.1. The minimum Gasteiger partial charge on any atom is -0.462 e. The first-order chi connectivity index (χ1) is 34.0. The molecule has 0 saturated heterocycles. The summed E-state index contributed by atoms with van der Waals surface area (Å²) < 4.78 is 16.8. The van der Waals surface area contributed by atoms with Gasteiger partial charge in [0.05, 0.1) is 0 Å². The molecule has 6 heteroatoms. The van der Waals surface area contributed by atoms with Crippen LogP contribution in [0.25, 0.3) is 0 Å². The van der Waals surface area contributed by atoms with Crippen molar-refractivity contribution >= 4 is 17.9 Å². The van der Waals surface area contributed by atoms with Crippen LogP contribution in [0.5, 0.6) is 0 Å². The molecule has 386 valence electrons. The number of ether oxygens (including phenoxy) is 3. The predicted molar refractivity (Wildman–Crippen MR) is 297 cm³/mol. The molecule has 0 aliphatic rings. The Labute approximate surface area is 423 Å². The molecule has 0 fully saturated rings. The maximum atomic E-state index is 12.8. The summed E-state index contributed by atoms with van der Waals surface area (Å²) >= 11 is 0. The lowest BCUT2D eigenvalue weighted by Gasteiger charge is -2.18. The van der Waals surface area contributed by atoms with Gasteiger partial charge in [-0.3, -0.25) is 14.4 Å². The van der Waals surface area contributed by atoms with Crippen LogP contribution in [0.1, 0.15) is 213 Å². The van der Waals surface area contributed by atoms with Crippen molar-refractivity contribution < 1.29 is 28.6 Å². The van der Waals surface area contributed by atoms with E-state index in [9.17, 15) is 14.4 Å². The van der Waals surface area contributed by atoms with Gasteiger partial charge in [0, 0.05) is 19.3 Å². The summed E-state index contributed by atoms with van der Waals surface area (Å²) in [7, 11) is 0. The Morgan fingerprint density at radius 2 is 0.565 bits per heavy atom. The largest absolute Gasteiger partial charge is 0.462 e. The van der Waals surface area contributed by atoms with Gasteiger partial charge in [0.15, 0.2) is 6.10 Å². The van der Waals surface area contributed by atoms with Gasteiger partial charge >= 0.3 is 17.9 Å². The van der Waals surface area contributed by atoms with Gasteiger partial charge in [-0.25, -0.2) is 0 Å². The molecular weight excluding hydrogens is 853 g/mol. The standard InChI is InChI=1S/C63H98O6/c1-4-7-10-13-16-19-22-25-28-30-31-33-36-38-41-44-47-50-53-56-62(65)68-59-60(69-63(66)57-54-51-48-45-42-39-34-27-24-21-18-15-12-9-6-3)58-67-61(64)55-52-49-46-43-40-37-35-32-29-26-23-20-17-14-11-8-5-2/h8-9,11-12,16-21,25-29,31,33-35,37-38,41-42,45,60H,4-7,10,13-15,22-24,30,32,36,39-40,43-44,46-59H2,1-3H3/b11-8-,12-9-,19-16-,20-17-,21-18-,28-25-,29-26-,33-31-,34-27-,37-35-,41-38-,45-42-/t60-/m1/s1. The fourth-order valence-electron chi connectivity index (χ4n) is 6.76. The quantitative estimate of drug-likeness (QED) is 0.0262. The summed E-state index contributed by atoms with van der Waals surface area (Å²) in [5.41, 5.74) is 0. The summed E-state index contributed by atoms with van der Waals surface area (Å²) in [5, 5.41) is 0. The fraction of sp³-hybridized carbons (Fsp3) is 0.571. The molecule has 69 heavy (non-hydrogen) atoms. The molecule has 6 nitrogen and oxygen atoms in total. The molecule has 0 radical (unpaired) electrons. The third-order valence-corrected chi connectivity index (χ3v) is 10.8. The lowest BCUT2D eigenvalue weighted by atomic mass is 10.1. The van der Waals surface area contributed by atoms with Gasteiger partial charge in [0.2, 0.25) is 0 Å². The van der Waals surface area contributed by atoms with Crippen LogP contribution in [-0.4, -0.2) is 37.2 Å². The SMILES string of the molecule is CC/C=C\C/C=C\C/C=C\C/C=C\CCCCCCC(=O)OC[C@H](COC(=O)CCCCC/C=C\C/C=C\C/C=C\C/C=C\CCCCC)OC(=O)CCCC/C=C\C/C=C\C/C=C\C/C=C\CC. The Morgan fingerprint density at radius 1 is 0.304 bits per heavy atom. The summed E-state index contributed by atoms with van der Waals surface area (Å²) in [6, 6.07) is 0. The van der Waals surface area contributed by atoms with Crippen LogP contribution in [0.2, 0.25) is 0 Å². The topological polar surface area (TPSA) is 78.9 Å². The number of hydrogen-bond donors (Lipinski definition) is 0. The smallest absolute Gasteiger partial charge is 0.306 e. The monoisotopic (exact) mass is 951 g/mol. The number of carbonyl (C=O) groups excluding carboxylic acids is 3. The highest BCUT2D eigenvalue weighted by atomic mass is 16.6. The Morgan fingerprint density at radius 3 is 0.913 bits per heavy atom. The molecule has 0 N–H and O–H groups in total. The van der Waals surface area contributed by atoms with Crippen molar-refractivity contribution in [3.8, 4) is 0 Å². The Balaban J connectivity index is 4.58. The second-order valence-electron chi connectivity index (χ2n) is 17.4. The fourth-order valence-corrected chi connectivity index (χ4v) is 6.76. The van der Waals surface area contributed by atoms with Crippen molar-refractivity contribution in [2.45, 2.75) is 219 Å². The second kappa shape index (κ2) is 55.9. The van der Waals surface area contributed by atoms with E-state index >= 15 is 0 Å². The van der Waals surface area contributed by atoms with E-state index in [0.717, 1.165) is 141 Å². The number of carbonyl (C=O) groups is 3. The normalized spacial score (nSPS) is 13.3. The van der Waals surface area contributed by atoms with Crippen molar-refractivity contribution in [2.75, 3.05) is 13.2 Å². The highest BCUT2D eigenvalue weighted by Gasteiger charge is 2.19. The van der Waals surface area contributed by atoms with E-state index in [4.69, 9.17) is 14.2 Å². The van der Waals surface area contributed by atoms with E-state index < -0.39 is 6.10 Å². The van der Waals surface area contributed by atoms with Crippen molar-refractivity contribution in [1.82, 2.24) is 0 Å². The van der Waals surface area contributed by atoms with Crippen molar-refractivity contribution in [2.24, 2.45) is 0 Å². The summed E-state index contributed by atoms with van der Waals surface area (Å²) in [6.07, 6.45) is 79.7. The lowest BCUT2D eigenvalue weighted by Crippen LogP contribution is -2.30. The third kappa shape index (κ3) is 54.1. The number of hydrogen-bond acceptors (Lipinski definition) is 6. The minimum absolute atomic E-state index is 0.124. The zero-order valence-corrected chi connectivity index (χ0v) is 44.0. The van der Waals surface area contributed by atoms with Gasteiger partial charge in [0.25, 0.3) is 0 Å². The zero-order valence-electron chi connectivity index (χ0n) is 44.0. The van der Waals surface area contributed by atoms with E-state index in [1.807, 2.05) is 0 Å². The lowest BCUT2D eigenvalue weighted by molar-refractivity contribution is -0.167. The van der Waals surface area contributed by atoms with Crippen LogP contribution < -0.4 is 0 Å². The minimum atomic E-state index is -0.830. The van der Waals surface area contributed by atoms with Crippen molar-refractivity contribution in [3.63, 3.8) is 0 Å². The van der Waals surface area contributed by atoms with E-state index in [1.165, 1.54) is 25.7 Å². The molecule has 0 amide bonds. The summed E-state index contributed by atoms with van der Waals surface area (Å²) in [5.74, 6) is -1.03. The van der Waals surface area contributed by atoms with Crippen LogP contribution >= 0.6 is 0 Å². The van der Waals surface area contributed by atoms with Crippen LogP contribution in [0, 0.1) is 0 Å². The summed E-state index contributed by atoms with van der Waals surface area (Å²) in [6.45, 7) is 6.28. The molecule has 1 atom stereocenters. The molecule has 0 saturated carbocycles. The molecule has 0 unspecified atom stereocenters. The maximum absolute atomic E-state index is 12.8. The second-order valence-corrected chi connectivity index (χ2v) is 17.4. The molecule has 0 heterocycles. The van der Waals surface area contributed by atoms with E-state index in [2.05, 4.69) is 167 Å². The third-order valence-electron chi connectivity index (χ3n) is 10.8. The zero-order chi connectivity index (χ0) is 50.0. The number of allylic oxidation sites excluding steroid dienone is 24. The molecule has 0 aromatic heterocycles. The molecule has 0 aromatic rings. The Hall–Kier alpha value is -4.71. The predicted octanol–water partition coefficient (Wildman–Crippen LogP) is 18.4. The highest BCUT2D eigenvalue weighted by Crippen LogP contribution is 2.11. The average Bonchev–Trinajstić information content (AvgIpc) is 3.35. The van der Waals surface area contributed by atoms with E-state index in [-0.39, 0.29) is 37.5 Å². The molecule has 0 aromatic carbocycles. The van der Waals surface area contributed by atoms with Crippen LogP contribution in [0.15, 0.2) is 146 Å². The van der Waals surface area contributed by atoms with Gasteiger partial charge in [-0.15, -0.1) is 0 Å². The molecular formula is C63H98O6. The molecule has 0 aliphatic carbocycles. The van der Waals surface area contributed by atoms with Gasteiger partial charge in [-0.05, 0) is 141 Å². The number of rotatable bonds is 47. The first-order valence-corrected chi connectivity index (χ1v) is 27.3. The van der Waals surface area contributed by atoms with Gasteiger partial charge in [-0.1, -0.05) is 199 Å². The van der Waals surface area contributed by atoms with Crippen LogP contribution in [0.3, 0.4) is 0 Å². The van der Waals surface area contributed by atoms with Gasteiger partial charge < -0.3 is 14.2 Å². The van der Waals surface area contributed by atoms with E-state index in [1.54, 1.807) is 0 Å². The Kier molecular flexibility index (Phi) is 52.1. The van der Waals surface area contributed by atoms with Crippen molar-refractivity contribution in [1.29, 1.82) is 0 Å². The van der Waals surface area contributed by atoms with Crippen molar-refractivity contribution in [3.05, 3.63) is 146 Å². The molecule has 0 spiro atoms. The first kappa shape index (κ1) is 64.3. The highest BCUT2D eigenvalue weighted by molar-refractivity contribution is 5.71.